The van der Waals surface area contributed by atoms with Crippen LogP contribution in [0.3, 0.4) is 0 Å². The Morgan fingerprint density at radius 2 is 1.70 bits per heavy atom. The molecule has 2 atom stereocenters. The molecule has 0 spiro atoms. The van der Waals surface area contributed by atoms with Crippen LogP contribution >= 0.6 is 0 Å². The van der Waals surface area contributed by atoms with Gasteiger partial charge in [0, 0.05) is 12.1 Å². The second kappa shape index (κ2) is 10.4. The summed E-state index contributed by atoms with van der Waals surface area (Å²) in [5.41, 5.74) is 0.858. The van der Waals surface area contributed by atoms with Gasteiger partial charge in [0.05, 0.1) is 6.54 Å². The van der Waals surface area contributed by atoms with Crippen molar-refractivity contribution in [2.24, 2.45) is 0 Å². The number of rotatable bonds is 5. The summed E-state index contributed by atoms with van der Waals surface area (Å²) in [7, 11) is 0. The van der Waals surface area contributed by atoms with Gasteiger partial charge in [0.2, 0.25) is 11.8 Å². The Hall–Kier alpha value is -3.55. The number of carbonyl (C=O) groups excluding carboxylic acids is 3. The van der Waals surface area contributed by atoms with Crippen molar-refractivity contribution < 1.29 is 23.9 Å². The molecule has 8 nitrogen and oxygen atoms in total. The van der Waals surface area contributed by atoms with Crippen LogP contribution in [0.4, 0.5) is 4.79 Å². The highest BCUT2D eigenvalue weighted by Crippen LogP contribution is 2.33. The van der Waals surface area contributed by atoms with Crippen LogP contribution in [-0.4, -0.2) is 47.6 Å². The molecule has 0 saturated carbocycles. The second-order valence-corrected chi connectivity index (χ2v) is 8.97. The molecule has 0 aliphatic carbocycles. The molecule has 176 valence electrons. The number of fused-ring (bicyclic) bond motifs is 1. The Morgan fingerprint density at radius 3 is 2.39 bits per heavy atom. The maximum absolute atomic E-state index is 13.4. The molecule has 1 aliphatic rings. The van der Waals surface area contributed by atoms with Crippen LogP contribution in [0.1, 0.15) is 44.9 Å². The molecule has 8 heteroatoms. The van der Waals surface area contributed by atoms with Crippen LogP contribution in [0.5, 0.6) is 5.75 Å². The number of hydrogen-bond donors (Lipinski definition) is 2. The summed E-state index contributed by atoms with van der Waals surface area (Å²) in [5, 5.41) is 5.42. The molecule has 3 amide bonds. The lowest BCUT2D eigenvalue weighted by Crippen LogP contribution is -2.49. The SMILES string of the molecule is C[C@H]1CN(C(=O)CNC(=O)OC(C)(C)C)[C@@H](C(=O)NCc2ccccc2)c2ccccc2O1. The van der Waals surface area contributed by atoms with E-state index in [-0.39, 0.29) is 25.1 Å². The molecule has 2 N–H and O–H groups in total. The summed E-state index contributed by atoms with van der Waals surface area (Å²) in [4.78, 5) is 40.0. The smallest absolute Gasteiger partial charge is 0.408 e. The molecule has 0 saturated heterocycles. The third-order valence-electron chi connectivity index (χ3n) is 4.97. The van der Waals surface area contributed by atoms with E-state index in [4.69, 9.17) is 9.47 Å². The number of carbonyl (C=O) groups is 3. The predicted molar refractivity (Wildman–Crippen MR) is 124 cm³/mol. The number of alkyl carbamates (subject to hydrolysis) is 1. The minimum atomic E-state index is -0.900. The Bertz CT molecular complexity index is 987. The van der Waals surface area contributed by atoms with Gasteiger partial charge in [-0.25, -0.2) is 4.79 Å². The molecule has 33 heavy (non-hydrogen) atoms. The highest BCUT2D eigenvalue weighted by Gasteiger charge is 2.37. The van der Waals surface area contributed by atoms with Crippen molar-refractivity contribution in [1.29, 1.82) is 0 Å². The fourth-order valence-corrected chi connectivity index (χ4v) is 3.59. The van der Waals surface area contributed by atoms with Crippen molar-refractivity contribution in [3.63, 3.8) is 0 Å². The van der Waals surface area contributed by atoms with Crippen LogP contribution < -0.4 is 15.4 Å². The van der Waals surface area contributed by atoms with Crippen molar-refractivity contribution in [2.45, 2.75) is 52.0 Å². The monoisotopic (exact) mass is 453 g/mol. The Labute approximate surface area is 194 Å². The normalized spacial score (nSPS) is 17.8. The van der Waals surface area contributed by atoms with E-state index in [9.17, 15) is 14.4 Å². The highest BCUT2D eigenvalue weighted by molar-refractivity contribution is 5.91. The fraction of sp³-hybridized carbons (Fsp3) is 0.400. The van der Waals surface area contributed by atoms with Gasteiger partial charge in [0.1, 0.15) is 30.0 Å². The largest absolute Gasteiger partial charge is 0.488 e. The van der Waals surface area contributed by atoms with E-state index in [2.05, 4.69) is 10.6 Å². The zero-order valence-corrected chi connectivity index (χ0v) is 19.5. The number of nitrogens with zero attached hydrogens (tertiary/aromatic N) is 1. The standard InChI is InChI=1S/C25H31N3O5/c1-17-16-28(21(29)15-27-24(31)33-25(2,3)4)22(19-12-8-9-13-20(19)32-17)23(30)26-14-18-10-6-5-7-11-18/h5-13,17,22H,14-16H2,1-4H3,(H,26,30)(H,27,31)/t17-,22+/m0/s1. The van der Waals surface area contributed by atoms with Gasteiger partial charge in [-0.1, -0.05) is 48.5 Å². The minimum Gasteiger partial charge on any atom is -0.488 e. The van der Waals surface area contributed by atoms with Crippen molar-refractivity contribution in [3.8, 4) is 5.75 Å². The minimum absolute atomic E-state index is 0.187. The molecule has 0 unspecified atom stereocenters. The number of ether oxygens (including phenoxy) is 2. The van der Waals surface area contributed by atoms with Gasteiger partial charge in [-0.05, 0) is 39.3 Å². The van der Waals surface area contributed by atoms with Gasteiger partial charge in [-0.3, -0.25) is 9.59 Å². The van der Waals surface area contributed by atoms with E-state index >= 15 is 0 Å². The van der Waals surface area contributed by atoms with Gasteiger partial charge < -0.3 is 25.0 Å². The number of para-hydroxylation sites is 1. The molecular weight excluding hydrogens is 422 g/mol. The van der Waals surface area contributed by atoms with Gasteiger partial charge in [-0.15, -0.1) is 0 Å². The van der Waals surface area contributed by atoms with Gasteiger partial charge in [0.15, 0.2) is 0 Å². The molecule has 0 bridgehead atoms. The molecule has 1 aliphatic heterocycles. The van der Waals surface area contributed by atoms with E-state index in [0.29, 0.717) is 17.9 Å². The summed E-state index contributed by atoms with van der Waals surface area (Å²) >= 11 is 0. The third kappa shape index (κ3) is 6.71. The van der Waals surface area contributed by atoms with E-state index in [1.807, 2.05) is 43.3 Å². The molecule has 2 aromatic carbocycles. The van der Waals surface area contributed by atoms with Crippen molar-refractivity contribution in [3.05, 3.63) is 65.7 Å². The summed E-state index contributed by atoms with van der Waals surface area (Å²) in [6, 6.07) is 15.8. The Kier molecular flexibility index (Phi) is 7.58. The summed E-state index contributed by atoms with van der Waals surface area (Å²) in [6.07, 6.45) is -1.04. The van der Waals surface area contributed by atoms with Crippen molar-refractivity contribution in [2.75, 3.05) is 13.1 Å². The van der Waals surface area contributed by atoms with Crippen molar-refractivity contribution in [1.82, 2.24) is 15.5 Å². The lowest BCUT2D eigenvalue weighted by molar-refractivity contribution is -0.140. The third-order valence-corrected chi connectivity index (χ3v) is 4.97. The fourth-order valence-electron chi connectivity index (χ4n) is 3.59. The van der Waals surface area contributed by atoms with E-state index < -0.39 is 23.6 Å². The van der Waals surface area contributed by atoms with Crippen LogP contribution in [0.15, 0.2) is 54.6 Å². The Morgan fingerprint density at radius 1 is 1.03 bits per heavy atom. The first-order valence-corrected chi connectivity index (χ1v) is 11.0. The van der Waals surface area contributed by atoms with Gasteiger partial charge in [-0.2, -0.15) is 0 Å². The molecule has 0 aromatic heterocycles. The molecule has 2 aromatic rings. The van der Waals surface area contributed by atoms with Crippen molar-refractivity contribution >= 4 is 17.9 Å². The zero-order chi connectivity index (χ0) is 24.0. The first-order valence-electron chi connectivity index (χ1n) is 11.0. The lowest BCUT2D eigenvalue weighted by Gasteiger charge is -2.30. The van der Waals surface area contributed by atoms with Crippen LogP contribution in [0.25, 0.3) is 0 Å². The average molecular weight is 454 g/mol. The topological polar surface area (TPSA) is 97.0 Å². The first kappa shape index (κ1) is 24.1. The number of nitrogens with one attached hydrogen (secondary N) is 2. The maximum Gasteiger partial charge on any atom is 0.408 e. The maximum atomic E-state index is 13.4. The van der Waals surface area contributed by atoms with E-state index in [1.165, 1.54) is 4.90 Å². The summed E-state index contributed by atoms with van der Waals surface area (Å²) in [6.45, 7) is 7.28. The molecule has 0 fully saturated rings. The quantitative estimate of drug-likeness (QED) is 0.725. The van der Waals surface area contributed by atoms with E-state index in [1.54, 1.807) is 39.0 Å². The number of amides is 3. The number of hydrogen-bond acceptors (Lipinski definition) is 5. The lowest BCUT2D eigenvalue weighted by atomic mass is 10.0. The van der Waals surface area contributed by atoms with E-state index in [0.717, 1.165) is 5.56 Å². The summed E-state index contributed by atoms with van der Waals surface area (Å²) in [5.74, 6) is -0.178. The molecule has 0 radical (unpaired) electrons. The van der Waals surface area contributed by atoms with Crippen LogP contribution in [-0.2, 0) is 20.9 Å². The van der Waals surface area contributed by atoms with Crippen LogP contribution in [0, 0.1) is 0 Å². The molecule has 1 heterocycles. The first-order chi connectivity index (χ1) is 15.6. The zero-order valence-electron chi connectivity index (χ0n) is 19.5. The predicted octanol–water partition coefficient (Wildman–Crippen LogP) is 3.18. The Balaban J connectivity index is 1.81. The average Bonchev–Trinajstić information content (AvgIpc) is 2.91. The second-order valence-electron chi connectivity index (χ2n) is 8.97. The number of benzene rings is 2. The van der Waals surface area contributed by atoms with Crippen LogP contribution in [0.2, 0.25) is 0 Å². The highest BCUT2D eigenvalue weighted by atomic mass is 16.6. The molecular formula is C25H31N3O5. The summed E-state index contributed by atoms with van der Waals surface area (Å²) < 4.78 is 11.2. The van der Waals surface area contributed by atoms with Gasteiger partial charge in [0.25, 0.3) is 0 Å². The van der Waals surface area contributed by atoms with Gasteiger partial charge >= 0.3 is 6.09 Å². The molecule has 3 rings (SSSR count).